The van der Waals surface area contributed by atoms with E-state index in [1.165, 1.54) is 6.07 Å². The third-order valence-electron chi connectivity index (χ3n) is 3.29. The molecule has 0 aliphatic carbocycles. The van der Waals surface area contributed by atoms with Crippen LogP contribution in [0.15, 0.2) is 29.6 Å². The van der Waals surface area contributed by atoms with Gasteiger partial charge in [0.05, 0.1) is 18.0 Å². The molecule has 0 saturated heterocycles. The summed E-state index contributed by atoms with van der Waals surface area (Å²) in [6, 6.07) is 6.87. The zero-order valence-corrected chi connectivity index (χ0v) is 12.9. The first-order valence-electron chi connectivity index (χ1n) is 6.78. The molecule has 1 aromatic heterocycles. The van der Waals surface area contributed by atoms with Gasteiger partial charge >= 0.3 is 0 Å². The van der Waals surface area contributed by atoms with Crippen LogP contribution in [0.2, 0.25) is 0 Å². The highest BCUT2D eigenvalue weighted by atomic mass is 32.1. The third-order valence-corrected chi connectivity index (χ3v) is 4.25. The largest absolute Gasteiger partial charge is 0.496 e. The average Bonchev–Trinajstić information content (AvgIpc) is 2.91. The highest BCUT2D eigenvalue weighted by molar-refractivity contribution is 7.10. The van der Waals surface area contributed by atoms with Gasteiger partial charge in [-0.3, -0.25) is 0 Å². The number of halogens is 1. The van der Waals surface area contributed by atoms with Gasteiger partial charge in [-0.2, -0.15) is 0 Å². The van der Waals surface area contributed by atoms with Crippen molar-refractivity contribution in [1.82, 2.24) is 5.32 Å². The standard InChI is InChI=1S/C16H20FNOS/c1-4-8-18-15(16-14(19-3)7-9-20-16)13-10-12(17)6-5-11(13)2/h5-7,9-10,15,18H,4,8H2,1-3H3. The lowest BCUT2D eigenvalue weighted by atomic mass is 9.99. The Bertz CT molecular complexity index is 567. The van der Waals surface area contributed by atoms with Crippen LogP contribution < -0.4 is 10.1 Å². The van der Waals surface area contributed by atoms with Crippen LogP contribution in [0, 0.1) is 12.7 Å². The smallest absolute Gasteiger partial charge is 0.134 e. The summed E-state index contributed by atoms with van der Waals surface area (Å²) in [6.45, 7) is 5.01. The highest BCUT2D eigenvalue weighted by Gasteiger charge is 2.21. The maximum absolute atomic E-state index is 13.6. The fourth-order valence-electron chi connectivity index (χ4n) is 2.24. The molecular weight excluding hydrogens is 273 g/mol. The van der Waals surface area contributed by atoms with Crippen molar-refractivity contribution in [2.45, 2.75) is 26.3 Å². The van der Waals surface area contributed by atoms with E-state index in [1.807, 2.05) is 24.4 Å². The molecule has 20 heavy (non-hydrogen) atoms. The first kappa shape index (κ1) is 15.0. The lowest BCUT2D eigenvalue weighted by Crippen LogP contribution is -2.23. The molecule has 1 N–H and O–H groups in total. The second-order valence-corrected chi connectivity index (χ2v) is 5.69. The van der Waals surface area contributed by atoms with Gasteiger partial charge in [-0.1, -0.05) is 13.0 Å². The van der Waals surface area contributed by atoms with Crippen LogP contribution in [-0.4, -0.2) is 13.7 Å². The van der Waals surface area contributed by atoms with Crippen molar-refractivity contribution >= 4 is 11.3 Å². The molecule has 2 rings (SSSR count). The second-order valence-electron chi connectivity index (χ2n) is 4.74. The number of benzene rings is 1. The summed E-state index contributed by atoms with van der Waals surface area (Å²) in [5.74, 6) is 0.650. The van der Waals surface area contributed by atoms with Crippen molar-refractivity contribution in [2.24, 2.45) is 0 Å². The van der Waals surface area contributed by atoms with Crippen LogP contribution in [0.1, 0.15) is 35.4 Å². The van der Waals surface area contributed by atoms with Crippen molar-refractivity contribution in [1.29, 1.82) is 0 Å². The summed E-state index contributed by atoms with van der Waals surface area (Å²) < 4.78 is 19.0. The molecule has 1 unspecified atom stereocenters. The van der Waals surface area contributed by atoms with E-state index < -0.39 is 0 Å². The molecule has 0 saturated carbocycles. The fraction of sp³-hybridized carbons (Fsp3) is 0.375. The van der Waals surface area contributed by atoms with E-state index in [4.69, 9.17) is 4.74 Å². The topological polar surface area (TPSA) is 21.3 Å². The minimum absolute atomic E-state index is 0.0272. The number of thiophene rings is 1. The van der Waals surface area contributed by atoms with Crippen LogP contribution >= 0.6 is 11.3 Å². The maximum atomic E-state index is 13.6. The number of ether oxygens (including phenoxy) is 1. The normalized spacial score (nSPS) is 12.4. The van der Waals surface area contributed by atoms with Crippen molar-refractivity contribution in [3.05, 3.63) is 51.5 Å². The van der Waals surface area contributed by atoms with E-state index in [1.54, 1.807) is 24.5 Å². The SMILES string of the molecule is CCCNC(c1cc(F)ccc1C)c1sccc1OC. The van der Waals surface area contributed by atoms with Crippen molar-refractivity contribution in [2.75, 3.05) is 13.7 Å². The van der Waals surface area contributed by atoms with Gasteiger partial charge in [-0.25, -0.2) is 4.39 Å². The van der Waals surface area contributed by atoms with Crippen LogP contribution in [0.25, 0.3) is 0 Å². The maximum Gasteiger partial charge on any atom is 0.134 e. The van der Waals surface area contributed by atoms with Gasteiger partial charge in [-0.05, 0) is 54.6 Å². The zero-order valence-electron chi connectivity index (χ0n) is 12.1. The molecule has 0 bridgehead atoms. The Hall–Kier alpha value is -1.39. The van der Waals surface area contributed by atoms with Gasteiger partial charge in [0.1, 0.15) is 11.6 Å². The minimum atomic E-state index is -0.204. The molecule has 0 spiro atoms. The van der Waals surface area contributed by atoms with Gasteiger partial charge in [0.25, 0.3) is 0 Å². The summed E-state index contributed by atoms with van der Waals surface area (Å²) in [6.07, 6.45) is 1.03. The first-order valence-corrected chi connectivity index (χ1v) is 7.66. The van der Waals surface area contributed by atoms with Gasteiger partial charge in [0.2, 0.25) is 0 Å². The highest BCUT2D eigenvalue weighted by Crippen LogP contribution is 2.36. The van der Waals surface area contributed by atoms with Crippen LogP contribution in [0.5, 0.6) is 5.75 Å². The van der Waals surface area contributed by atoms with E-state index in [2.05, 4.69) is 12.2 Å². The summed E-state index contributed by atoms with van der Waals surface area (Å²) in [5, 5.41) is 5.50. The van der Waals surface area contributed by atoms with Crippen molar-refractivity contribution < 1.29 is 9.13 Å². The number of rotatable bonds is 6. The third kappa shape index (κ3) is 3.19. The molecule has 0 radical (unpaired) electrons. The molecule has 0 aliphatic rings. The first-order chi connectivity index (χ1) is 9.67. The molecule has 2 aromatic rings. The molecular formula is C16H20FNOS. The quantitative estimate of drug-likeness (QED) is 0.857. The molecule has 0 amide bonds. The number of hydrogen-bond acceptors (Lipinski definition) is 3. The Kier molecular flexibility index (Phi) is 5.15. The van der Waals surface area contributed by atoms with E-state index in [9.17, 15) is 4.39 Å². The fourth-order valence-corrected chi connectivity index (χ4v) is 3.20. The molecule has 1 aromatic carbocycles. The minimum Gasteiger partial charge on any atom is -0.496 e. The summed E-state index contributed by atoms with van der Waals surface area (Å²) in [4.78, 5) is 1.09. The lowest BCUT2D eigenvalue weighted by Gasteiger charge is -2.21. The van der Waals surface area contributed by atoms with Gasteiger partial charge in [-0.15, -0.1) is 11.3 Å². The number of aryl methyl sites for hydroxylation is 1. The molecule has 1 atom stereocenters. The van der Waals surface area contributed by atoms with Crippen LogP contribution in [-0.2, 0) is 0 Å². The van der Waals surface area contributed by atoms with E-state index in [-0.39, 0.29) is 11.9 Å². The average molecular weight is 293 g/mol. The Morgan fingerprint density at radius 3 is 2.85 bits per heavy atom. The van der Waals surface area contributed by atoms with Crippen molar-refractivity contribution in [3.63, 3.8) is 0 Å². The Morgan fingerprint density at radius 2 is 2.15 bits per heavy atom. The van der Waals surface area contributed by atoms with Crippen molar-refractivity contribution in [3.8, 4) is 5.75 Å². The second kappa shape index (κ2) is 6.86. The summed E-state index contributed by atoms with van der Waals surface area (Å²) in [5.41, 5.74) is 2.05. The summed E-state index contributed by atoms with van der Waals surface area (Å²) in [7, 11) is 1.67. The Labute approximate surface area is 123 Å². The molecule has 1 heterocycles. The molecule has 2 nitrogen and oxygen atoms in total. The predicted molar refractivity (Wildman–Crippen MR) is 82.1 cm³/mol. The molecule has 108 valence electrons. The summed E-state index contributed by atoms with van der Waals surface area (Å²) >= 11 is 1.63. The Balaban J connectivity index is 2.44. The Morgan fingerprint density at radius 1 is 1.35 bits per heavy atom. The molecule has 0 fully saturated rings. The molecule has 4 heteroatoms. The predicted octanol–water partition coefficient (Wildman–Crippen LogP) is 4.29. The number of hydrogen-bond donors (Lipinski definition) is 1. The van der Waals surface area contributed by atoms with Crippen LogP contribution in [0.4, 0.5) is 4.39 Å². The number of methoxy groups -OCH3 is 1. The van der Waals surface area contributed by atoms with Gasteiger partial charge < -0.3 is 10.1 Å². The lowest BCUT2D eigenvalue weighted by molar-refractivity contribution is 0.407. The van der Waals surface area contributed by atoms with E-state index in [0.717, 1.165) is 34.7 Å². The van der Waals surface area contributed by atoms with Crippen LogP contribution in [0.3, 0.4) is 0 Å². The zero-order chi connectivity index (χ0) is 14.5. The van der Waals surface area contributed by atoms with E-state index in [0.29, 0.717) is 0 Å². The number of nitrogens with one attached hydrogen (secondary N) is 1. The van der Waals surface area contributed by atoms with Gasteiger partial charge in [0, 0.05) is 0 Å². The monoisotopic (exact) mass is 293 g/mol. The molecule has 0 aliphatic heterocycles. The van der Waals surface area contributed by atoms with Gasteiger partial charge in [0.15, 0.2) is 0 Å². The van der Waals surface area contributed by atoms with E-state index >= 15 is 0 Å².